The highest BCUT2D eigenvalue weighted by Gasteiger charge is 2.05. The quantitative estimate of drug-likeness (QED) is 0.496. The van der Waals surface area contributed by atoms with Crippen LogP contribution in [0.4, 0.5) is 5.95 Å². The van der Waals surface area contributed by atoms with Crippen LogP contribution >= 0.6 is 0 Å². The van der Waals surface area contributed by atoms with Crippen molar-refractivity contribution in [1.29, 1.82) is 0 Å². The molecule has 0 radical (unpaired) electrons. The third-order valence-corrected chi connectivity index (χ3v) is 3.68. The van der Waals surface area contributed by atoms with E-state index >= 15 is 0 Å². The molecule has 0 aliphatic rings. The first kappa shape index (κ1) is 18.2. The van der Waals surface area contributed by atoms with Crippen LogP contribution in [0.25, 0.3) is 11.3 Å². The molecule has 0 aliphatic heterocycles. The number of anilines is 1. The van der Waals surface area contributed by atoms with Gasteiger partial charge in [0.05, 0.1) is 25.6 Å². The minimum atomic E-state index is -0.260. The zero-order valence-corrected chi connectivity index (χ0v) is 15.1. The van der Waals surface area contributed by atoms with Gasteiger partial charge in [-0.2, -0.15) is 5.10 Å². The molecule has 138 valence electrons. The van der Waals surface area contributed by atoms with Crippen LogP contribution in [0, 0.1) is 0 Å². The maximum Gasteiger partial charge on any atom is 0.252 e. The molecular formula is C20H20N4O3. The number of rotatable bonds is 7. The van der Waals surface area contributed by atoms with Crippen LogP contribution in [0.5, 0.6) is 11.5 Å². The van der Waals surface area contributed by atoms with Gasteiger partial charge in [-0.1, -0.05) is 30.3 Å². The summed E-state index contributed by atoms with van der Waals surface area (Å²) in [5.41, 5.74) is 4.72. The summed E-state index contributed by atoms with van der Waals surface area (Å²) in [6, 6.07) is 16.4. The molecule has 0 bridgehead atoms. The lowest BCUT2D eigenvalue weighted by molar-refractivity contribution is 0.311. The second kappa shape index (κ2) is 8.66. The van der Waals surface area contributed by atoms with Gasteiger partial charge in [0.15, 0.2) is 11.5 Å². The maximum absolute atomic E-state index is 11.9. The smallest absolute Gasteiger partial charge is 0.252 e. The Kier molecular flexibility index (Phi) is 5.84. The number of aromatic amines is 1. The first-order valence-corrected chi connectivity index (χ1v) is 8.46. The Morgan fingerprint density at radius 3 is 2.70 bits per heavy atom. The molecule has 0 spiro atoms. The zero-order valence-electron chi connectivity index (χ0n) is 15.1. The molecule has 0 saturated heterocycles. The number of benzene rings is 2. The number of nitrogens with zero attached hydrogens (tertiary/aromatic N) is 2. The highest BCUT2D eigenvalue weighted by molar-refractivity contribution is 5.81. The molecule has 2 N–H and O–H groups in total. The molecule has 7 nitrogen and oxygen atoms in total. The van der Waals surface area contributed by atoms with Gasteiger partial charge >= 0.3 is 0 Å². The second-order valence-electron chi connectivity index (χ2n) is 5.56. The number of hydrazone groups is 1. The number of H-pyrrole nitrogens is 1. The molecule has 3 rings (SSSR count). The summed E-state index contributed by atoms with van der Waals surface area (Å²) < 4.78 is 10.8. The van der Waals surface area contributed by atoms with Crippen molar-refractivity contribution in [2.75, 3.05) is 19.1 Å². The lowest BCUT2D eigenvalue weighted by atomic mass is 10.1. The van der Waals surface area contributed by atoms with Crippen molar-refractivity contribution in [2.24, 2.45) is 5.10 Å². The average Bonchev–Trinajstić information content (AvgIpc) is 2.69. The average molecular weight is 364 g/mol. The first-order chi connectivity index (χ1) is 13.2. The molecule has 1 aromatic heterocycles. The zero-order chi connectivity index (χ0) is 19.1. The van der Waals surface area contributed by atoms with Crippen molar-refractivity contribution in [3.8, 4) is 22.8 Å². The van der Waals surface area contributed by atoms with Crippen LogP contribution in [0.3, 0.4) is 0 Å². The summed E-state index contributed by atoms with van der Waals surface area (Å²) in [5.74, 6) is 1.56. The Morgan fingerprint density at radius 2 is 1.96 bits per heavy atom. The van der Waals surface area contributed by atoms with E-state index in [0.29, 0.717) is 23.8 Å². The van der Waals surface area contributed by atoms with E-state index in [1.807, 2.05) is 55.5 Å². The SMILES string of the molecule is CCOc1ccc(/C=N\Nc2nc(-c3ccccc3)cc(=O)[nH]2)cc1OC. The summed E-state index contributed by atoms with van der Waals surface area (Å²) >= 11 is 0. The van der Waals surface area contributed by atoms with E-state index in [9.17, 15) is 4.79 Å². The van der Waals surface area contributed by atoms with Crippen molar-refractivity contribution >= 4 is 12.2 Å². The predicted octanol–water partition coefficient (Wildman–Crippen LogP) is 3.29. The molecule has 0 aliphatic carbocycles. The van der Waals surface area contributed by atoms with E-state index in [4.69, 9.17) is 9.47 Å². The van der Waals surface area contributed by atoms with Crippen LogP contribution in [-0.4, -0.2) is 29.9 Å². The molecular weight excluding hydrogens is 344 g/mol. The van der Waals surface area contributed by atoms with Gasteiger partial charge in [0.25, 0.3) is 5.56 Å². The molecule has 1 heterocycles. The van der Waals surface area contributed by atoms with E-state index in [1.54, 1.807) is 13.3 Å². The predicted molar refractivity (Wildman–Crippen MR) is 106 cm³/mol. The van der Waals surface area contributed by atoms with Gasteiger partial charge in [0.1, 0.15) is 0 Å². The number of hydrogen-bond acceptors (Lipinski definition) is 6. The van der Waals surface area contributed by atoms with Crippen molar-refractivity contribution in [3.05, 3.63) is 70.5 Å². The van der Waals surface area contributed by atoms with Crippen LogP contribution < -0.4 is 20.5 Å². The molecule has 27 heavy (non-hydrogen) atoms. The molecule has 0 unspecified atom stereocenters. The Balaban J connectivity index is 1.77. The number of methoxy groups -OCH3 is 1. The van der Waals surface area contributed by atoms with Crippen LogP contribution in [-0.2, 0) is 0 Å². The molecule has 3 aromatic rings. The number of ether oxygens (including phenoxy) is 2. The van der Waals surface area contributed by atoms with Crippen molar-refractivity contribution in [2.45, 2.75) is 6.92 Å². The standard InChI is InChI=1S/C20H20N4O3/c1-3-27-17-10-9-14(11-18(17)26-2)13-21-24-20-22-16(12-19(25)23-20)15-7-5-4-6-8-15/h4-13H,3H2,1-2H3,(H2,22,23,24,25)/b21-13-. The van der Waals surface area contributed by atoms with Crippen LogP contribution in [0.1, 0.15) is 12.5 Å². The Hall–Kier alpha value is -3.61. The fourth-order valence-corrected chi connectivity index (χ4v) is 2.47. The van der Waals surface area contributed by atoms with Crippen molar-refractivity contribution in [1.82, 2.24) is 9.97 Å². The molecule has 0 saturated carbocycles. The summed E-state index contributed by atoms with van der Waals surface area (Å²) in [5, 5.41) is 4.13. The minimum Gasteiger partial charge on any atom is -0.493 e. The van der Waals surface area contributed by atoms with Gasteiger partial charge in [0.2, 0.25) is 5.95 Å². The monoisotopic (exact) mass is 364 g/mol. The van der Waals surface area contributed by atoms with Gasteiger partial charge in [-0.05, 0) is 30.7 Å². The van der Waals surface area contributed by atoms with E-state index in [1.165, 1.54) is 6.07 Å². The third kappa shape index (κ3) is 4.72. The third-order valence-electron chi connectivity index (χ3n) is 3.68. The summed E-state index contributed by atoms with van der Waals surface area (Å²) in [6.07, 6.45) is 1.60. The van der Waals surface area contributed by atoms with E-state index < -0.39 is 0 Å². The van der Waals surface area contributed by atoms with E-state index in [-0.39, 0.29) is 11.5 Å². The molecule has 2 aromatic carbocycles. The Morgan fingerprint density at radius 1 is 1.15 bits per heavy atom. The maximum atomic E-state index is 11.9. The topological polar surface area (TPSA) is 88.6 Å². The highest BCUT2D eigenvalue weighted by Crippen LogP contribution is 2.27. The van der Waals surface area contributed by atoms with Crippen LogP contribution in [0.15, 0.2) is 64.5 Å². The highest BCUT2D eigenvalue weighted by atomic mass is 16.5. The normalized spacial score (nSPS) is 10.7. The summed E-state index contributed by atoms with van der Waals surface area (Å²) in [7, 11) is 1.58. The molecule has 0 fully saturated rings. The molecule has 0 atom stereocenters. The van der Waals surface area contributed by atoms with Crippen molar-refractivity contribution in [3.63, 3.8) is 0 Å². The largest absolute Gasteiger partial charge is 0.493 e. The van der Waals surface area contributed by atoms with Gasteiger partial charge in [-0.3, -0.25) is 9.78 Å². The first-order valence-electron chi connectivity index (χ1n) is 8.46. The van der Waals surface area contributed by atoms with Crippen LogP contribution in [0.2, 0.25) is 0 Å². The number of aromatic nitrogens is 2. The van der Waals surface area contributed by atoms with Gasteiger partial charge in [0, 0.05) is 11.6 Å². The molecule has 0 amide bonds. The molecule has 7 heteroatoms. The van der Waals surface area contributed by atoms with Gasteiger partial charge in [-0.15, -0.1) is 0 Å². The Labute approximate surface area is 156 Å². The van der Waals surface area contributed by atoms with E-state index in [2.05, 4.69) is 20.5 Å². The lowest BCUT2D eigenvalue weighted by Crippen LogP contribution is -2.10. The number of hydrogen-bond donors (Lipinski definition) is 2. The minimum absolute atomic E-state index is 0.260. The van der Waals surface area contributed by atoms with Gasteiger partial charge in [-0.25, -0.2) is 10.4 Å². The fraction of sp³-hybridized carbons (Fsp3) is 0.150. The Bertz CT molecular complexity index is 984. The second-order valence-corrected chi connectivity index (χ2v) is 5.56. The number of nitrogens with one attached hydrogen (secondary N) is 2. The summed E-state index contributed by atoms with van der Waals surface area (Å²) in [4.78, 5) is 18.9. The fourth-order valence-electron chi connectivity index (χ4n) is 2.47. The van der Waals surface area contributed by atoms with Gasteiger partial charge < -0.3 is 9.47 Å². The van der Waals surface area contributed by atoms with Crippen molar-refractivity contribution < 1.29 is 9.47 Å². The van der Waals surface area contributed by atoms with E-state index in [0.717, 1.165) is 11.1 Å². The summed E-state index contributed by atoms with van der Waals surface area (Å²) in [6.45, 7) is 2.47. The lowest BCUT2D eigenvalue weighted by Gasteiger charge is -2.09.